The molecule has 0 aromatic heterocycles. The second-order valence-electron chi connectivity index (χ2n) is 6.09. The van der Waals surface area contributed by atoms with Crippen molar-refractivity contribution in [3.8, 4) is 0 Å². The van der Waals surface area contributed by atoms with Crippen LogP contribution in [0.15, 0.2) is 35.3 Å². The van der Waals surface area contributed by atoms with Gasteiger partial charge in [0.15, 0.2) is 5.96 Å². The third-order valence-corrected chi connectivity index (χ3v) is 4.03. The summed E-state index contributed by atoms with van der Waals surface area (Å²) < 4.78 is 5.56. The van der Waals surface area contributed by atoms with Crippen LogP contribution in [0.5, 0.6) is 0 Å². The molecule has 1 heterocycles. The molecule has 1 aliphatic heterocycles. The van der Waals surface area contributed by atoms with Crippen LogP contribution in [0.2, 0.25) is 0 Å². The van der Waals surface area contributed by atoms with Crippen molar-refractivity contribution in [2.75, 3.05) is 33.3 Å². The van der Waals surface area contributed by atoms with Gasteiger partial charge in [-0.3, -0.25) is 4.99 Å². The van der Waals surface area contributed by atoms with Gasteiger partial charge in [0.2, 0.25) is 0 Å². The van der Waals surface area contributed by atoms with E-state index < -0.39 is 0 Å². The molecule has 2 rings (SSSR count). The maximum atomic E-state index is 5.56. The molecule has 0 saturated carbocycles. The number of hydrogen-bond donors (Lipinski definition) is 1. The third-order valence-electron chi connectivity index (χ3n) is 4.03. The van der Waals surface area contributed by atoms with Crippen molar-refractivity contribution >= 4 is 29.9 Å². The standard InChI is InChI=1S/C18H29N3O.HI/c1-15(2)22-13-7-11-20-18(19-3)21-12-10-17(14-21)16-8-5-4-6-9-16;/h4-6,8-9,15,17H,7,10-14H2,1-3H3,(H,19,20);1H. The van der Waals surface area contributed by atoms with Gasteiger partial charge in [-0.05, 0) is 32.3 Å². The van der Waals surface area contributed by atoms with Gasteiger partial charge in [-0.25, -0.2) is 0 Å². The molecular weight excluding hydrogens is 401 g/mol. The van der Waals surface area contributed by atoms with E-state index in [-0.39, 0.29) is 24.0 Å². The number of guanidine groups is 1. The van der Waals surface area contributed by atoms with Crippen molar-refractivity contribution in [3.63, 3.8) is 0 Å². The van der Waals surface area contributed by atoms with E-state index in [2.05, 4.69) is 59.4 Å². The van der Waals surface area contributed by atoms with Crippen LogP contribution in [0.4, 0.5) is 0 Å². The average Bonchev–Trinajstić information content (AvgIpc) is 3.01. The molecule has 0 radical (unpaired) electrons. The highest BCUT2D eigenvalue weighted by Gasteiger charge is 2.25. The van der Waals surface area contributed by atoms with Gasteiger partial charge in [-0.1, -0.05) is 30.3 Å². The van der Waals surface area contributed by atoms with E-state index in [1.165, 1.54) is 12.0 Å². The SMILES string of the molecule is CN=C(NCCCOC(C)C)N1CCC(c2ccccc2)C1.I. The lowest BCUT2D eigenvalue weighted by molar-refractivity contribution is 0.0776. The number of nitrogens with zero attached hydrogens (tertiary/aromatic N) is 2. The Hall–Kier alpha value is -0.820. The first-order valence-electron chi connectivity index (χ1n) is 8.33. The molecule has 1 unspecified atom stereocenters. The van der Waals surface area contributed by atoms with E-state index in [1.54, 1.807) is 0 Å². The van der Waals surface area contributed by atoms with Crippen molar-refractivity contribution < 1.29 is 4.74 Å². The number of aliphatic imine (C=N–C) groups is 1. The number of rotatable bonds is 6. The maximum absolute atomic E-state index is 5.56. The lowest BCUT2D eigenvalue weighted by Crippen LogP contribution is -2.40. The minimum atomic E-state index is 0. The first-order chi connectivity index (χ1) is 10.7. The lowest BCUT2D eigenvalue weighted by Gasteiger charge is -2.22. The Morgan fingerprint density at radius 1 is 1.35 bits per heavy atom. The molecule has 1 fully saturated rings. The minimum Gasteiger partial charge on any atom is -0.379 e. The van der Waals surface area contributed by atoms with Gasteiger partial charge in [-0.15, -0.1) is 24.0 Å². The van der Waals surface area contributed by atoms with E-state index in [4.69, 9.17) is 4.74 Å². The van der Waals surface area contributed by atoms with Crippen molar-refractivity contribution in [2.45, 2.75) is 38.7 Å². The van der Waals surface area contributed by atoms with Crippen LogP contribution in [-0.2, 0) is 4.74 Å². The van der Waals surface area contributed by atoms with Gasteiger partial charge in [0.05, 0.1) is 6.10 Å². The van der Waals surface area contributed by atoms with E-state index in [0.717, 1.165) is 38.6 Å². The Morgan fingerprint density at radius 3 is 2.74 bits per heavy atom. The van der Waals surface area contributed by atoms with Gasteiger partial charge in [0.25, 0.3) is 0 Å². The summed E-state index contributed by atoms with van der Waals surface area (Å²) in [4.78, 5) is 6.78. The van der Waals surface area contributed by atoms with Crippen LogP contribution in [0, 0.1) is 0 Å². The molecule has 1 aromatic carbocycles. The quantitative estimate of drug-likeness (QED) is 0.324. The zero-order chi connectivity index (χ0) is 15.8. The van der Waals surface area contributed by atoms with E-state index >= 15 is 0 Å². The second kappa shape index (κ2) is 10.9. The van der Waals surface area contributed by atoms with Crippen LogP contribution in [0.3, 0.4) is 0 Å². The molecule has 5 heteroatoms. The van der Waals surface area contributed by atoms with Crippen LogP contribution < -0.4 is 5.32 Å². The monoisotopic (exact) mass is 431 g/mol. The summed E-state index contributed by atoms with van der Waals surface area (Å²) in [5, 5.41) is 3.45. The largest absolute Gasteiger partial charge is 0.379 e. The predicted octanol–water partition coefficient (Wildman–Crippen LogP) is 3.48. The highest BCUT2D eigenvalue weighted by atomic mass is 127. The van der Waals surface area contributed by atoms with Crippen molar-refractivity contribution in [1.29, 1.82) is 0 Å². The molecule has 4 nitrogen and oxygen atoms in total. The topological polar surface area (TPSA) is 36.9 Å². The lowest BCUT2D eigenvalue weighted by atomic mass is 9.99. The van der Waals surface area contributed by atoms with E-state index in [1.807, 2.05) is 7.05 Å². The average molecular weight is 431 g/mol. The van der Waals surface area contributed by atoms with Crippen LogP contribution >= 0.6 is 24.0 Å². The Balaban J connectivity index is 0.00000264. The maximum Gasteiger partial charge on any atom is 0.193 e. The van der Waals surface area contributed by atoms with Crippen molar-refractivity contribution in [1.82, 2.24) is 10.2 Å². The molecule has 23 heavy (non-hydrogen) atoms. The summed E-state index contributed by atoms with van der Waals surface area (Å²) >= 11 is 0. The molecule has 0 spiro atoms. The Morgan fingerprint density at radius 2 is 2.09 bits per heavy atom. The summed E-state index contributed by atoms with van der Waals surface area (Å²) in [7, 11) is 1.86. The number of nitrogens with one attached hydrogen (secondary N) is 1. The van der Waals surface area contributed by atoms with Crippen molar-refractivity contribution in [3.05, 3.63) is 35.9 Å². The molecule has 0 bridgehead atoms. The molecular formula is C18H30IN3O. The van der Waals surface area contributed by atoms with Crippen molar-refractivity contribution in [2.24, 2.45) is 4.99 Å². The molecule has 1 aliphatic rings. The van der Waals surface area contributed by atoms with Gasteiger partial charge >= 0.3 is 0 Å². The normalized spacial score (nSPS) is 18.2. The smallest absolute Gasteiger partial charge is 0.193 e. The summed E-state index contributed by atoms with van der Waals surface area (Å²) in [5.74, 6) is 1.63. The molecule has 1 saturated heterocycles. The third kappa shape index (κ3) is 6.67. The van der Waals surface area contributed by atoms with Gasteiger partial charge < -0.3 is 15.0 Å². The van der Waals surface area contributed by atoms with Crippen LogP contribution in [0.25, 0.3) is 0 Å². The first kappa shape index (κ1) is 20.2. The fourth-order valence-corrected chi connectivity index (χ4v) is 2.87. The summed E-state index contributed by atoms with van der Waals surface area (Å²) in [6, 6.07) is 10.8. The molecule has 0 amide bonds. The summed E-state index contributed by atoms with van der Waals surface area (Å²) in [6.45, 7) is 7.97. The summed E-state index contributed by atoms with van der Waals surface area (Å²) in [6.07, 6.45) is 2.51. The summed E-state index contributed by atoms with van der Waals surface area (Å²) in [5.41, 5.74) is 1.44. The highest BCUT2D eigenvalue weighted by molar-refractivity contribution is 14.0. The predicted molar refractivity (Wildman–Crippen MR) is 108 cm³/mol. The molecule has 130 valence electrons. The number of likely N-dealkylation sites (tertiary alicyclic amines) is 1. The number of hydrogen-bond acceptors (Lipinski definition) is 2. The molecule has 0 aliphatic carbocycles. The van der Waals surface area contributed by atoms with Gasteiger partial charge in [0.1, 0.15) is 0 Å². The second-order valence-corrected chi connectivity index (χ2v) is 6.09. The first-order valence-corrected chi connectivity index (χ1v) is 8.33. The fourth-order valence-electron chi connectivity index (χ4n) is 2.87. The van der Waals surface area contributed by atoms with E-state index in [9.17, 15) is 0 Å². The fraction of sp³-hybridized carbons (Fsp3) is 0.611. The highest BCUT2D eigenvalue weighted by Crippen LogP contribution is 2.26. The zero-order valence-corrected chi connectivity index (χ0v) is 16.8. The number of benzene rings is 1. The molecule has 1 N–H and O–H groups in total. The van der Waals surface area contributed by atoms with Crippen LogP contribution in [0.1, 0.15) is 38.2 Å². The number of halogens is 1. The van der Waals surface area contributed by atoms with Crippen LogP contribution in [-0.4, -0.2) is 50.3 Å². The Bertz CT molecular complexity index is 465. The Labute approximate surface area is 157 Å². The number of ether oxygens (including phenoxy) is 1. The van der Waals surface area contributed by atoms with Gasteiger partial charge in [0, 0.05) is 39.2 Å². The minimum absolute atomic E-state index is 0. The van der Waals surface area contributed by atoms with Gasteiger partial charge in [-0.2, -0.15) is 0 Å². The Kier molecular flexibility index (Phi) is 9.55. The van der Waals surface area contributed by atoms with E-state index in [0.29, 0.717) is 12.0 Å². The zero-order valence-electron chi connectivity index (χ0n) is 14.5. The molecule has 1 atom stereocenters. The molecule has 1 aromatic rings.